The third-order valence-corrected chi connectivity index (χ3v) is 2.37. The first-order valence-electron chi connectivity index (χ1n) is 4.43. The minimum absolute atomic E-state index is 0.155. The Balaban J connectivity index is 2.30. The van der Waals surface area contributed by atoms with Crippen LogP contribution in [0.2, 0.25) is 0 Å². The van der Waals surface area contributed by atoms with Crippen LogP contribution in [0, 0.1) is 0 Å². The Morgan fingerprint density at radius 2 is 2.21 bits per heavy atom. The average molecular weight is 193 g/mol. The van der Waals surface area contributed by atoms with Crippen molar-refractivity contribution in [1.82, 2.24) is 0 Å². The highest BCUT2D eigenvalue weighted by molar-refractivity contribution is 5.75. The maximum Gasteiger partial charge on any atom is 0.323 e. The third-order valence-electron chi connectivity index (χ3n) is 2.37. The molecule has 1 aliphatic rings. The largest absolute Gasteiger partial charge is 0.480 e. The maximum atomic E-state index is 10.6. The van der Waals surface area contributed by atoms with Crippen LogP contribution in [0.5, 0.6) is 0 Å². The fourth-order valence-corrected chi connectivity index (χ4v) is 1.77. The van der Waals surface area contributed by atoms with Crippen LogP contribution in [0.4, 0.5) is 5.69 Å². The van der Waals surface area contributed by atoms with Crippen molar-refractivity contribution in [3.05, 3.63) is 29.8 Å². The lowest BCUT2D eigenvalue weighted by Gasteiger charge is -2.20. The highest BCUT2D eigenvalue weighted by Gasteiger charge is 2.28. The van der Waals surface area contributed by atoms with E-state index < -0.39 is 12.2 Å². The van der Waals surface area contributed by atoms with Crippen LogP contribution < -0.4 is 4.90 Å². The van der Waals surface area contributed by atoms with Gasteiger partial charge in [-0.3, -0.25) is 4.79 Å². The molecule has 1 unspecified atom stereocenters. The fourth-order valence-electron chi connectivity index (χ4n) is 1.77. The van der Waals surface area contributed by atoms with Gasteiger partial charge in [0.25, 0.3) is 0 Å². The van der Waals surface area contributed by atoms with E-state index >= 15 is 0 Å². The topological polar surface area (TPSA) is 60.8 Å². The smallest absolute Gasteiger partial charge is 0.323 e. The molecule has 4 heteroatoms. The summed E-state index contributed by atoms with van der Waals surface area (Å²) in [6, 6.07) is 7.45. The molecule has 1 heterocycles. The van der Waals surface area contributed by atoms with Crippen molar-refractivity contribution in [3.63, 3.8) is 0 Å². The van der Waals surface area contributed by atoms with Gasteiger partial charge in [0.2, 0.25) is 0 Å². The van der Waals surface area contributed by atoms with E-state index in [1.807, 2.05) is 24.3 Å². The van der Waals surface area contributed by atoms with Crippen LogP contribution in [0.25, 0.3) is 0 Å². The van der Waals surface area contributed by atoms with E-state index in [1.54, 1.807) is 0 Å². The number of aliphatic hydroxyl groups excluding tert-OH is 1. The molecule has 0 amide bonds. The molecule has 0 radical (unpaired) electrons. The van der Waals surface area contributed by atoms with Gasteiger partial charge in [-0.1, -0.05) is 18.2 Å². The monoisotopic (exact) mass is 193 g/mol. The number of carboxylic acids is 1. The lowest BCUT2D eigenvalue weighted by Crippen LogP contribution is -2.36. The molecule has 0 aromatic heterocycles. The number of hydrogen-bond acceptors (Lipinski definition) is 3. The molecule has 1 aromatic carbocycles. The number of anilines is 1. The summed E-state index contributed by atoms with van der Waals surface area (Å²) in [6.07, 6.45) is -0.202. The molecule has 1 atom stereocenters. The molecule has 1 aliphatic heterocycles. The van der Waals surface area contributed by atoms with Gasteiger partial charge >= 0.3 is 5.97 Å². The maximum absolute atomic E-state index is 10.6. The highest BCUT2D eigenvalue weighted by Crippen LogP contribution is 2.30. The SMILES string of the molecule is O=C(O)CN1c2ccccc2CC1O. The first-order chi connectivity index (χ1) is 6.68. The molecule has 0 saturated heterocycles. The molecule has 1 aromatic rings. The van der Waals surface area contributed by atoms with Gasteiger partial charge in [-0.05, 0) is 11.6 Å². The number of carboxylic acid groups (broad SMARTS) is 1. The van der Waals surface area contributed by atoms with Gasteiger partial charge in [0.1, 0.15) is 12.8 Å². The van der Waals surface area contributed by atoms with Crippen LogP contribution >= 0.6 is 0 Å². The first kappa shape index (κ1) is 9.02. The fraction of sp³-hybridized carbons (Fsp3) is 0.300. The summed E-state index contributed by atoms with van der Waals surface area (Å²) in [4.78, 5) is 12.1. The number of aliphatic hydroxyl groups is 1. The number of aliphatic carboxylic acids is 1. The minimum Gasteiger partial charge on any atom is -0.480 e. The van der Waals surface area contributed by atoms with E-state index in [-0.39, 0.29) is 6.54 Å². The standard InChI is InChI=1S/C10H11NO3/c12-9-5-7-3-1-2-4-8(7)11(9)6-10(13)14/h1-4,9,12H,5-6H2,(H,13,14). The third kappa shape index (κ3) is 1.44. The zero-order chi connectivity index (χ0) is 10.1. The Kier molecular flexibility index (Phi) is 2.13. The number of benzene rings is 1. The number of hydrogen-bond donors (Lipinski definition) is 2. The molecule has 14 heavy (non-hydrogen) atoms. The van der Waals surface area contributed by atoms with Crippen molar-refractivity contribution in [2.45, 2.75) is 12.6 Å². The number of nitrogens with zero attached hydrogens (tertiary/aromatic N) is 1. The normalized spacial score (nSPS) is 19.5. The Morgan fingerprint density at radius 1 is 1.50 bits per heavy atom. The van der Waals surface area contributed by atoms with E-state index in [0.29, 0.717) is 6.42 Å². The van der Waals surface area contributed by atoms with Gasteiger partial charge in [0.05, 0.1) is 0 Å². The van der Waals surface area contributed by atoms with Gasteiger partial charge in [-0.25, -0.2) is 0 Å². The molecule has 0 spiro atoms. The molecule has 2 rings (SSSR count). The molecule has 0 aliphatic carbocycles. The molecule has 2 N–H and O–H groups in total. The Hall–Kier alpha value is -1.55. The molecule has 0 bridgehead atoms. The van der Waals surface area contributed by atoms with Gasteiger partial charge in [0, 0.05) is 12.1 Å². The zero-order valence-electron chi connectivity index (χ0n) is 7.55. The number of para-hydroxylation sites is 1. The predicted molar refractivity (Wildman–Crippen MR) is 51.1 cm³/mol. The summed E-state index contributed by atoms with van der Waals surface area (Å²) >= 11 is 0. The van der Waals surface area contributed by atoms with Crippen molar-refractivity contribution in [2.75, 3.05) is 11.4 Å². The van der Waals surface area contributed by atoms with Crippen LogP contribution in [0.15, 0.2) is 24.3 Å². The Morgan fingerprint density at radius 3 is 2.93 bits per heavy atom. The Bertz CT molecular complexity index is 364. The highest BCUT2D eigenvalue weighted by atomic mass is 16.4. The first-order valence-corrected chi connectivity index (χ1v) is 4.43. The number of fused-ring (bicyclic) bond motifs is 1. The Labute approximate surface area is 81.4 Å². The average Bonchev–Trinajstić information content (AvgIpc) is 2.43. The second kappa shape index (κ2) is 3.31. The van der Waals surface area contributed by atoms with Gasteiger partial charge in [-0.15, -0.1) is 0 Å². The van der Waals surface area contributed by atoms with Gasteiger partial charge in [-0.2, -0.15) is 0 Å². The van der Waals surface area contributed by atoms with E-state index in [1.165, 1.54) is 4.90 Å². The van der Waals surface area contributed by atoms with Crippen LogP contribution in [0.1, 0.15) is 5.56 Å². The van der Waals surface area contributed by atoms with Crippen molar-refractivity contribution >= 4 is 11.7 Å². The van der Waals surface area contributed by atoms with E-state index in [9.17, 15) is 9.90 Å². The molecule has 74 valence electrons. The number of rotatable bonds is 2. The lowest BCUT2D eigenvalue weighted by atomic mass is 10.2. The second-order valence-electron chi connectivity index (χ2n) is 3.34. The molecular formula is C10H11NO3. The van der Waals surface area contributed by atoms with Crippen molar-refractivity contribution < 1.29 is 15.0 Å². The summed E-state index contributed by atoms with van der Waals surface area (Å²) < 4.78 is 0. The summed E-state index contributed by atoms with van der Waals surface area (Å²) in [6.45, 7) is -0.155. The second-order valence-corrected chi connectivity index (χ2v) is 3.34. The zero-order valence-corrected chi connectivity index (χ0v) is 7.55. The van der Waals surface area contributed by atoms with E-state index in [4.69, 9.17) is 5.11 Å². The minimum atomic E-state index is -0.930. The van der Waals surface area contributed by atoms with Gasteiger partial charge < -0.3 is 15.1 Å². The van der Waals surface area contributed by atoms with Crippen molar-refractivity contribution in [2.24, 2.45) is 0 Å². The summed E-state index contributed by atoms with van der Waals surface area (Å²) in [5, 5.41) is 18.3. The lowest BCUT2D eigenvalue weighted by molar-refractivity contribution is -0.135. The van der Waals surface area contributed by atoms with E-state index in [0.717, 1.165) is 11.3 Å². The molecule has 0 fully saturated rings. The molecular weight excluding hydrogens is 182 g/mol. The molecule has 0 saturated carbocycles. The number of carbonyl (C=O) groups is 1. The summed E-state index contributed by atoms with van der Waals surface area (Å²) in [7, 11) is 0. The van der Waals surface area contributed by atoms with Gasteiger partial charge in [0.15, 0.2) is 0 Å². The quantitative estimate of drug-likeness (QED) is 0.716. The van der Waals surface area contributed by atoms with E-state index in [2.05, 4.69) is 0 Å². The van der Waals surface area contributed by atoms with Crippen LogP contribution in [0.3, 0.4) is 0 Å². The van der Waals surface area contributed by atoms with Crippen molar-refractivity contribution in [1.29, 1.82) is 0 Å². The van der Waals surface area contributed by atoms with Crippen LogP contribution in [-0.4, -0.2) is 29.0 Å². The van der Waals surface area contributed by atoms with Crippen molar-refractivity contribution in [3.8, 4) is 0 Å². The van der Waals surface area contributed by atoms with Crippen LogP contribution in [-0.2, 0) is 11.2 Å². The summed E-state index contributed by atoms with van der Waals surface area (Å²) in [5.74, 6) is -0.930. The molecule has 4 nitrogen and oxygen atoms in total. The predicted octanol–water partition coefficient (Wildman–Crippen LogP) is 0.452. The summed E-state index contributed by atoms with van der Waals surface area (Å²) in [5.41, 5.74) is 1.82.